The average Bonchev–Trinajstić information content (AvgIpc) is 3.38. The SMILES string of the molecule is CCc1nc2ccc(C(=O)N3CC(n4cc(COc5ccccc5)nn4)C3)cc2s1. The number of aromatic nitrogens is 4. The number of nitrogens with zero attached hydrogens (tertiary/aromatic N) is 5. The predicted octanol–water partition coefficient (Wildman–Crippen LogP) is 3.73. The highest BCUT2D eigenvalue weighted by Gasteiger charge is 2.33. The number of fused-ring (bicyclic) bond motifs is 1. The van der Waals surface area contributed by atoms with Crippen LogP contribution in [0.4, 0.5) is 0 Å². The van der Waals surface area contributed by atoms with Crippen LogP contribution in [0, 0.1) is 0 Å². The molecule has 8 heteroatoms. The number of para-hydroxylation sites is 1. The van der Waals surface area contributed by atoms with Gasteiger partial charge in [-0.05, 0) is 36.8 Å². The molecule has 7 nitrogen and oxygen atoms in total. The van der Waals surface area contributed by atoms with Crippen molar-refractivity contribution in [1.82, 2.24) is 24.9 Å². The van der Waals surface area contributed by atoms with E-state index in [1.807, 2.05) is 64.3 Å². The summed E-state index contributed by atoms with van der Waals surface area (Å²) in [6.07, 6.45) is 2.80. The summed E-state index contributed by atoms with van der Waals surface area (Å²) in [4.78, 5) is 19.2. The zero-order chi connectivity index (χ0) is 20.5. The van der Waals surface area contributed by atoms with Gasteiger partial charge < -0.3 is 9.64 Å². The van der Waals surface area contributed by atoms with Crippen LogP contribution in [-0.2, 0) is 13.0 Å². The van der Waals surface area contributed by atoms with E-state index in [1.54, 1.807) is 11.3 Å². The first-order chi connectivity index (χ1) is 14.7. The Labute approximate surface area is 177 Å². The van der Waals surface area contributed by atoms with Gasteiger partial charge in [-0.15, -0.1) is 16.4 Å². The van der Waals surface area contributed by atoms with E-state index < -0.39 is 0 Å². The van der Waals surface area contributed by atoms with E-state index in [0.717, 1.165) is 33.1 Å². The van der Waals surface area contributed by atoms with Gasteiger partial charge in [0.1, 0.15) is 18.1 Å². The second kappa shape index (κ2) is 7.87. The van der Waals surface area contributed by atoms with Crippen molar-refractivity contribution >= 4 is 27.5 Å². The third kappa shape index (κ3) is 3.66. The first kappa shape index (κ1) is 18.7. The Kier molecular flexibility index (Phi) is 4.92. The number of rotatable bonds is 6. The van der Waals surface area contributed by atoms with Crippen LogP contribution >= 0.6 is 11.3 Å². The summed E-state index contributed by atoms with van der Waals surface area (Å²) in [5, 5.41) is 9.49. The molecule has 0 N–H and O–H groups in total. The molecular formula is C22H21N5O2S. The van der Waals surface area contributed by atoms with Crippen molar-refractivity contribution in [2.45, 2.75) is 26.0 Å². The highest BCUT2D eigenvalue weighted by Crippen LogP contribution is 2.27. The summed E-state index contributed by atoms with van der Waals surface area (Å²) in [7, 11) is 0. The third-order valence-electron chi connectivity index (χ3n) is 5.19. The molecule has 152 valence electrons. The minimum absolute atomic E-state index is 0.0485. The van der Waals surface area contributed by atoms with Gasteiger partial charge in [-0.2, -0.15) is 0 Å². The van der Waals surface area contributed by atoms with E-state index in [4.69, 9.17) is 4.74 Å². The number of carbonyl (C=O) groups excluding carboxylic acids is 1. The predicted molar refractivity (Wildman–Crippen MR) is 115 cm³/mol. The lowest BCUT2D eigenvalue weighted by Gasteiger charge is -2.38. The smallest absolute Gasteiger partial charge is 0.254 e. The average molecular weight is 420 g/mol. The summed E-state index contributed by atoms with van der Waals surface area (Å²) < 4.78 is 8.61. The number of thiazole rings is 1. The van der Waals surface area contributed by atoms with E-state index in [9.17, 15) is 4.79 Å². The van der Waals surface area contributed by atoms with Crippen LogP contribution < -0.4 is 4.74 Å². The lowest BCUT2D eigenvalue weighted by molar-refractivity contribution is 0.0498. The van der Waals surface area contributed by atoms with Crippen LogP contribution in [-0.4, -0.2) is 43.9 Å². The van der Waals surface area contributed by atoms with Gasteiger partial charge >= 0.3 is 0 Å². The molecule has 2 aromatic heterocycles. The number of aryl methyl sites for hydroxylation is 1. The second-order valence-corrected chi connectivity index (χ2v) is 8.41. The fraction of sp³-hybridized carbons (Fsp3) is 0.273. The largest absolute Gasteiger partial charge is 0.487 e. The van der Waals surface area contributed by atoms with Crippen molar-refractivity contribution in [1.29, 1.82) is 0 Å². The highest BCUT2D eigenvalue weighted by atomic mass is 32.1. The maximum atomic E-state index is 12.8. The minimum Gasteiger partial charge on any atom is -0.487 e. The molecule has 1 aliphatic heterocycles. The van der Waals surface area contributed by atoms with Crippen LogP contribution in [0.5, 0.6) is 5.75 Å². The standard InChI is InChI=1S/C22H21N5O2S/c1-2-21-23-19-9-8-15(10-20(19)30-21)22(28)26-12-17(13-26)27-11-16(24-25-27)14-29-18-6-4-3-5-7-18/h3-11,17H,2,12-14H2,1H3. The molecule has 0 aliphatic carbocycles. The maximum Gasteiger partial charge on any atom is 0.254 e. The first-order valence-electron chi connectivity index (χ1n) is 9.97. The molecule has 0 radical (unpaired) electrons. The van der Waals surface area contributed by atoms with E-state index in [2.05, 4.69) is 22.2 Å². The summed E-state index contributed by atoms with van der Waals surface area (Å²) >= 11 is 1.65. The number of hydrogen-bond acceptors (Lipinski definition) is 6. The summed E-state index contributed by atoms with van der Waals surface area (Å²) in [6.45, 7) is 3.71. The van der Waals surface area contributed by atoms with Crippen molar-refractivity contribution in [3.8, 4) is 5.75 Å². The minimum atomic E-state index is 0.0485. The van der Waals surface area contributed by atoms with Crippen LogP contribution in [0.2, 0.25) is 0 Å². The molecule has 2 aromatic carbocycles. The lowest BCUT2D eigenvalue weighted by atomic mass is 10.1. The fourth-order valence-electron chi connectivity index (χ4n) is 3.46. The lowest BCUT2D eigenvalue weighted by Crippen LogP contribution is -2.50. The van der Waals surface area contributed by atoms with E-state index in [-0.39, 0.29) is 11.9 Å². The fourth-order valence-corrected chi connectivity index (χ4v) is 4.41. The summed E-state index contributed by atoms with van der Waals surface area (Å²) in [5.41, 5.74) is 2.44. The number of carbonyl (C=O) groups is 1. The molecule has 3 heterocycles. The maximum absolute atomic E-state index is 12.8. The highest BCUT2D eigenvalue weighted by molar-refractivity contribution is 7.18. The van der Waals surface area contributed by atoms with E-state index in [0.29, 0.717) is 25.3 Å². The Bertz CT molecular complexity index is 1180. The van der Waals surface area contributed by atoms with Crippen molar-refractivity contribution < 1.29 is 9.53 Å². The molecule has 0 atom stereocenters. The van der Waals surface area contributed by atoms with Gasteiger partial charge in [-0.3, -0.25) is 4.79 Å². The molecule has 0 saturated carbocycles. The molecule has 4 aromatic rings. The molecule has 1 aliphatic rings. The molecule has 0 bridgehead atoms. The van der Waals surface area contributed by atoms with Crippen molar-refractivity contribution in [3.05, 3.63) is 71.0 Å². The van der Waals surface area contributed by atoms with E-state index >= 15 is 0 Å². The van der Waals surface area contributed by atoms with E-state index in [1.165, 1.54) is 0 Å². The van der Waals surface area contributed by atoms with Gasteiger partial charge in [-0.1, -0.05) is 30.3 Å². The molecule has 1 saturated heterocycles. The zero-order valence-electron chi connectivity index (χ0n) is 16.6. The van der Waals surface area contributed by atoms with Gasteiger partial charge in [0.05, 0.1) is 27.5 Å². The normalized spacial score (nSPS) is 14.1. The van der Waals surface area contributed by atoms with Gasteiger partial charge in [0.25, 0.3) is 5.91 Å². The van der Waals surface area contributed by atoms with Crippen LogP contribution in [0.1, 0.15) is 34.0 Å². The van der Waals surface area contributed by atoms with Crippen molar-refractivity contribution in [2.75, 3.05) is 13.1 Å². The van der Waals surface area contributed by atoms with Gasteiger partial charge in [-0.25, -0.2) is 9.67 Å². The molecule has 1 amide bonds. The number of ether oxygens (including phenoxy) is 1. The van der Waals surface area contributed by atoms with Crippen LogP contribution in [0.15, 0.2) is 54.7 Å². The molecule has 30 heavy (non-hydrogen) atoms. The van der Waals surface area contributed by atoms with Gasteiger partial charge in [0.15, 0.2) is 0 Å². The van der Waals surface area contributed by atoms with Crippen LogP contribution in [0.25, 0.3) is 10.2 Å². The third-order valence-corrected chi connectivity index (χ3v) is 6.36. The second-order valence-electron chi connectivity index (χ2n) is 7.30. The number of hydrogen-bond donors (Lipinski definition) is 0. The number of benzene rings is 2. The topological polar surface area (TPSA) is 73.1 Å². The first-order valence-corrected chi connectivity index (χ1v) is 10.8. The molecule has 0 spiro atoms. The Morgan fingerprint density at radius 2 is 2.03 bits per heavy atom. The van der Waals surface area contributed by atoms with Crippen molar-refractivity contribution in [2.24, 2.45) is 0 Å². The Balaban J connectivity index is 1.19. The zero-order valence-corrected chi connectivity index (χ0v) is 17.4. The Morgan fingerprint density at radius 3 is 2.83 bits per heavy atom. The summed E-state index contributed by atoms with van der Waals surface area (Å²) in [5.74, 6) is 0.851. The molecule has 5 rings (SSSR count). The summed E-state index contributed by atoms with van der Waals surface area (Å²) in [6, 6.07) is 15.5. The number of likely N-dealkylation sites (tertiary alicyclic amines) is 1. The monoisotopic (exact) mass is 419 g/mol. The molecular weight excluding hydrogens is 398 g/mol. The quantitative estimate of drug-likeness (QED) is 0.476. The molecule has 1 fully saturated rings. The Hall–Kier alpha value is -3.26. The van der Waals surface area contributed by atoms with Gasteiger partial charge in [0.2, 0.25) is 0 Å². The number of amides is 1. The van der Waals surface area contributed by atoms with Crippen LogP contribution in [0.3, 0.4) is 0 Å². The van der Waals surface area contributed by atoms with Crippen molar-refractivity contribution in [3.63, 3.8) is 0 Å². The Morgan fingerprint density at radius 1 is 1.20 bits per heavy atom. The molecule has 0 unspecified atom stereocenters. The van der Waals surface area contributed by atoms with Gasteiger partial charge in [0, 0.05) is 18.7 Å².